The number of aromatic nitrogens is 2. The van der Waals surface area contributed by atoms with Crippen molar-refractivity contribution in [1.29, 1.82) is 0 Å². The smallest absolute Gasteiger partial charge is 0.243 e. The Morgan fingerprint density at radius 1 is 1.53 bits per heavy atom. The van der Waals surface area contributed by atoms with Gasteiger partial charge < -0.3 is 16.0 Å². The Hall–Kier alpha value is -0.650. The van der Waals surface area contributed by atoms with Crippen LogP contribution in [0.15, 0.2) is 4.52 Å². The number of hydrogen-bond acceptors (Lipinski definition) is 5. The molecule has 0 spiro atoms. The Balaban J connectivity index is 0.00000112. The van der Waals surface area contributed by atoms with Crippen molar-refractivity contribution in [3.8, 4) is 0 Å². The second-order valence-electron chi connectivity index (χ2n) is 3.98. The molecule has 1 heterocycles. The first kappa shape index (κ1) is 12.4. The largest absolute Gasteiger partial charge is 0.338 e. The third-order valence-electron chi connectivity index (χ3n) is 2.89. The number of nitrogens with zero attached hydrogens (tertiary/aromatic N) is 2. The predicted octanol–water partition coefficient (Wildman–Crippen LogP) is 1.24. The monoisotopic (exact) mass is 232 g/mol. The molecular weight excluding hydrogens is 216 g/mol. The summed E-state index contributed by atoms with van der Waals surface area (Å²) in [5.41, 5.74) is 11.5. The van der Waals surface area contributed by atoms with Gasteiger partial charge in [0.05, 0.1) is 11.6 Å². The van der Waals surface area contributed by atoms with Gasteiger partial charge in [0.25, 0.3) is 0 Å². The van der Waals surface area contributed by atoms with E-state index in [1.54, 1.807) is 0 Å². The highest BCUT2D eigenvalue weighted by Gasteiger charge is 2.39. The molecule has 15 heavy (non-hydrogen) atoms. The van der Waals surface area contributed by atoms with Crippen molar-refractivity contribution >= 4 is 12.4 Å². The number of nitrogens with two attached hydrogens (primary N) is 2. The van der Waals surface area contributed by atoms with E-state index in [1.807, 2.05) is 6.92 Å². The van der Waals surface area contributed by atoms with E-state index in [-0.39, 0.29) is 24.0 Å². The van der Waals surface area contributed by atoms with Crippen LogP contribution in [-0.4, -0.2) is 10.1 Å². The molecular formula is C9H17ClN4O. The Kier molecular flexibility index (Phi) is 3.70. The van der Waals surface area contributed by atoms with Gasteiger partial charge in [-0.15, -0.1) is 12.4 Å². The molecule has 0 unspecified atom stereocenters. The molecule has 0 aromatic carbocycles. The van der Waals surface area contributed by atoms with Crippen LogP contribution in [0.4, 0.5) is 0 Å². The van der Waals surface area contributed by atoms with Gasteiger partial charge >= 0.3 is 0 Å². The standard InChI is InChI=1S/C9H16N4O.ClH/c1-2-6(10)7-12-8(13-14-7)9(11)4-3-5-9;/h6H,2-5,10-11H2,1H3;1H/t6-;/m0./s1. The maximum atomic E-state index is 6.05. The summed E-state index contributed by atoms with van der Waals surface area (Å²) in [4.78, 5) is 4.25. The number of hydrogen-bond donors (Lipinski definition) is 2. The van der Waals surface area contributed by atoms with E-state index < -0.39 is 0 Å². The van der Waals surface area contributed by atoms with Crippen LogP contribution >= 0.6 is 12.4 Å². The fraction of sp³-hybridized carbons (Fsp3) is 0.778. The SMILES string of the molecule is CC[C@H](N)c1nc(C2(N)CCC2)no1.Cl. The van der Waals surface area contributed by atoms with E-state index in [0.29, 0.717) is 11.7 Å². The van der Waals surface area contributed by atoms with Gasteiger partial charge in [0, 0.05) is 0 Å². The summed E-state index contributed by atoms with van der Waals surface area (Å²) in [6.07, 6.45) is 3.81. The van der Waals surface area contributed by atoms with Crippen LogP contribution in [0.2, 0.25) is 0 Å². The minimum absolute atomic E-state index is 0. The molecule has 1 aliphatic rings. The minimum atomic E-state index is -0.352. The van der Waals surface area contributed by atoms with Crippen molar-refractivity contribution in [3.05, 3.63) is 11.7 Å². The molecule has 0 saturated heterocycles. The molecule has 86 valence electrons. The van der Waals surface area contributed by atoms with Gasteiger partial charge in [-0.1, -0.05) is 12.1 Å². The first-order valence-electron chi connectivity index (χ1n) is 5.04. The van der Waals surface area contributed by atoms with Crippen molar-refractivity contribution in [1.82, 2.24) is 10.1 Å². The highest BCUT2D eigenvalue weighted by atomic mass is 35.5. The predicted molar refractivity (Wildman–Crippen MR) is 58.5 cm³/mol. The van der Waals surface area contributed by atoms with Crippen molar-refractivity contribution < 1.29 is 4.52 Å². The molecule has 0 radical (unpaired) electrons. The highest BCUT2D eigenvalue weighted by molar-refractivity contribution is 5.85. The zero-order valence-electron chi connectivity index (χ0n) is 8.77. The van der Waals surface area contributed by atoms with Crippen LogP contribution in [-0.2, 0) is 5.54 Å². The molecule has 4 N–H and O–H groups in total. The lowest BCUT2D eigenvalue weighted by molar-refractivity contribution is 0.228. The fourth-order valence-corrected chi connectivity index (χ4v) is 1.54. The number of halogens is 1. The summed E-state index contributed by atoms with van der Waals surface area (Å²) in [7, 11) is 0. The summed E-state index contributed by atoms with van der Waals surface area (Å²) in [6.45, 7) is 1.98. The van der Waals surface area contributed by atoms with Crippen molar-refractivity contribution in [2.75, 3.05) is 0 Å². The van der Waals surface area contributed by atoms with Crippen LogP contribution < -0.4 is 11.5 Å². The second-order valence-corrected chi connectivity index (χ2v) is 3.98. The molecule has 1 aromatic rings. The third-order valence-corrected chi connectivity index (χ3v) is 2.89. The summed E-state index contributed by atoms with van der Waals surface area (Å²) in [5, 5.41) is 3.89. The molecule has 0 bridgehead atoms. The lowest BCUT2D eigenvalue weighted by atomic mass is 9.77. The second kappa shape index (κ2) is 4.47. The fourth-order valence-electron chi connectivity index (χ4n) is 1.54. The van der Waals surface area contributed by atoms with Gasteiger partial charge in [-0.2, -0.15) is 4.98 Å². The lowest BCUT2D eigenvalue weighted by Crippen LogP contribution is -2.44. The Bertz CT molecular complexity index is 324. The lowest BCUT2D eigenvalue weighted by Gasteiger charge is -2.34. The molecule has 5 nitrogen and oxygen atoms in total. The maximum absolute atomic E-state index is 6.05. The molecule has 1 aromatic heterocycles. The minimum Gasteiger partial charge on any atom is -0.338 e. The first-order valence-corrected chi connectivity index (χ1v) is 5.04. The quantitative estimate of drug-likeness (QED) is 0.818. The molecule has 1 aliphatic carbocycles. The summed E-state index contributed by atoms with van der Waals surface area (Å²) >= 11 is 0. The van der Waals surface area contributed by atoms with Crippen LogP contribution in [0.5, 0.6) is 0 Å². The third kappa shape index (κ3) is 2.14. The summed E-state index contributed by atoms with van der Waals surface area (Å²) in [6, 6.07) is -0.167. The Labute approximate surface area is 95.0 Å². The first-order chi connectivity index (χ1) is 6.65. The highest BCUT2D eigenvalue weighted by Crippen LogP contribution is 2.37. The van der Waals surface area contributed by atoms with Crippen LogP contribution in [0.3, 0.4) is 0 Å². The van der Waals surface area contributed by atoms with E-state index >= 15 is 0 Å². The zero-order chi connectivity index (χ0) is 10.2. The van der Waals surface area contributed by atoms with Gasteiger partial charge in [-0.05, 0) is 25.7 Å². The number of rotatable bonds is 3. The van der Waals surface area contributed by atoms with Gasteiger partial charge in [0.2, 0.25) is 5.89 Å². The van der Waals surface area contributed by atoms with E-state index in [2.05, 4.69) is 10.1 Å². The van der Waals surface area contributed by atoms with E-state index in [0.717, 1.165) is 25.7 Å². The summed E-state index contributed by atoms with van der Waals surface area (Å²) in [5.74, 6) is 1.11. The van der Waals surface area contributed by atoms with Crippen LogP contribution in [0, 0.1) is 0 Å². The van der Waals surface area contributed by atoms with Crippen molar-refractivity contribution in [2.45, 2.75) is 44.2 Å². The van der Waals surface area contributed by atoms with Crippen LogP contribution in [0.1, 0.15) is 50.4 Å². The van der Waals surface area contributed by atoms with E-state index in [4.69, 9.17) is 16.0 Å². The normalized spacial score (nSPS) is 20.2. The van der Waals surface area contributed by atoms with Crippen molar-refractivity contribution in [3.63, 3.8) is 0 Å². The molecule has 2 rings (SSSR count). The van der Waals surface area contributed by atoms with Crippen LogP contribution in [0.25, 0.3) is 0 Å². The summed E-state index contributed by atoms with van der Waals surface area (Å²) < 4.78 is 5.07. The zero-order valence-corrected chi connectivity index (χ0v) is 9.59. The average molecular weight is 233 g/mol. The average Bonchev–Trinajstić information content (AvgIpc) is 2.62. The van der Waals surface area contributed by atoms with Crippen molar-refractivity contribution in [2.24, 2.45) is 11.5 Å². The Morgan fingerprint density at radius 3 is 2.67 bits per heavy atom. The Morgan fingerprint density at radius 2 is 2.20 bits per heavy atom. The molecule has 0 amide bonds. The van der Waals surface area contributed by atoms with Gasteiger partial charge in [-0.3, -0.25) is 0 Å². The molecule has 1 fully saturated rings. The van der Waals surface area contributed by atoms with Gasteiger partial charge in [0.15, 0.2) is 5.82 Å². The molecule has 1 atom stereocenters. The molecule has 1 saturated carbocycles. The van der Waals surface area contributed by atoms with E-state index in [1.165, 1.54) is 0 Å². The van der Waals surface area contributed by atoms with Gasteiger partial charge in [-0.25, -0.2) is 0 Å². The topological polar surface area (TPSA) is 91.0 Å². The molecule has 0 aliphatic heterocycles. The molecule has 6 heteroatoms. The van der Waals surface area contributed by atoms with E-state index in [9.17, 15) is 0 Å². The van der Waals surface area contributed by atoms with Gasteiger partial charge in [0.1, 0.15) is 0 Å². The maximum Gasteiger partial charge on any atom is 0.243 e.